The van der Waals surface area contributed by atoms with E-state index < -0.39 is 15.1 Å². The van der Waals surface area contributed by atoms with E-state index in [1.54, 1.807) is 52.7 Å². The predicted octanol–water partition coefficient (Wildman–Crippen LogP) is 4.29. The number of ether oxygens (including phenoxy) is 4. The van der Waals surface area contributed by atoms with Crippen LogP contribution in [0, 0.1) is 0 Å². The Morgan fingerprint density at radius 3 is 2.06 bits per heavy atom. The fourth-order valence-corrected chi connectivity index (χ4v) is 6.71. The standard InChI is InChI=1S/C24H28N2O6S2/c1-29-17-5-7-18(8-6-17)34(27,28)19-9-11-26(12-10-19)24-25-20(15-33-24)16-13-21(30-2)23(32-4)22(14-16)31-3/h5-8,13-15,19H,9-12H2,1-4H3. The molecular weight excluding hydrogens is 476 g/mol. The first kappa shape index (κ1) is 24.2. The SMILES string of the molecule is COc1ccc(S(=O)(=O)C2CCN(c3nc(-c4cc(OC)c(OC)c(OC)c4)cs3)CC2)cc1. The maximum Gasteiger partial charge on any atom is 0.203 e. The van der Waals surface area contributed by atoms with Gasteiger partial charge in [0.1, 0.15) is 5.75 Å². The van der Waals surface area contributed by atoms with Crippen molar-refractivity contribution in [2.45, 2.75) is 23.0 Å². The van der Waals surface area contributed by atoms with Crippen LogP contribution in [-0.4, -0.2) is 60.2 Å². The summed E-state index contributed by atoms with van der Waals surface area (Å²) in [7, 11) is 2.90. The zero-order chi connectivity index (χ0) is 24.3. The van der Waals surface area contributed by atoms with Gasteiger partial charge in [0.25, 0.3) is 0 Å². The van der Waals surface area contributed by atoms with Gasteiger partial charge in [0.05, 0.1) is 44.3 Å². The van der Waals surface area contributed by atoms with E-state index in [4.69, 9.17) is 23.9 Å². The molecule has 0 atom stereocenters. The zero-order valence-corrected chi connectivity index (χ0v) is 21.2. The molecule has 3 aromatic rings. The van der Waals surface area contributed by atoms with Gasteiger partial charge >= 0.3 is 0 Å². The van der Waals surface area contributed by atoms with Crippen LogP contribution in [0.5, 0.6) is 23.0 Å². The van der Waals surface area contributed by atoms with E-state index in [9.17, 15) is 8.42 Å². The summed E-state index contributed by atoms with van der Waals surface area (Å²) in [6.45, 7) is 1.25. The maximum absolute atomic E-state index is 13.1. The average Bonchev–Trinajstić information content (AvgIpc) is 3.38. The van der Waals surface area contributed by atoms with E-state index in [2.05, 4.69) is 4.90 Å². The van der Waals surface area contributed by atoms with Crippen molar-refractivity contribution in [2.24, 2.45) is 0 Å². The van der Waals surface area contributed by atoms with Crippen molar-refractivity contribution in [3.8, 4) is 34.3 Å². The molecule has 0 radical (unpaired) electrons. The summed E-state index contributed by atoms with van der Waals surface area (Å²) in [5.41, 5.74) is 1.65. The molecule has 1 saturated heterocycles. The summed E-state index contributed by atoms with van der Waals surface area (Å²) in [5, 5.41) is 2.44. The van der Waals surface area contributed by atoms with Gasteiger partial charge < -0.3 is 23.8 Å². The minimum Gasteiger partial charge on any atom is -0.497 e. The van der Waals surface area contributed by atoms with Gasteiger partial charge in [0, 0.05) is 24.0 Å². The highest BCUT2D eigenvalue weighted by molar-refractivity contribution is 7.92. The number of anilines is 1. The minimum absolute atomic E-state index is 0.339. The molecule has 0 unspecified atom stereocenters. The fraction of sp³-hybridized carbons (Fsp3) is 0.375. The van der Waals surface area contributed by atoms with Crippen LogP contribution in [0.4, 0.5) is 5.13 Å². The number of hydrogen-bond acceptors (Lipinski definition) is 9. The first-order chi connectivity index (χ1) is 16.4. The number of piperidine rings is 1. The van der Waals surface area contributed by atoms with E-state index in [1.807, 2.05) is 17.5 Å². The Hall–Kier alpha value is -2.98. The van der Waals surface area contributed by atoms with Crippen molar-refractivity contribution < 1.29 is 27.4 Å². The number of aromatic nitrogens is 1. The molecule has 8 nitrogen and oxygen atoms in total. The highest BCUT2D eigenvalue weighted by Gasteiger charge is 2.32. The van der Waals surface area contributed by atoms with Crippen LogP contribution in [0.25, 0.3) is 11.3 Å². The van der Waals surface area contributed by atoms with Crippen molar-refractivity contribution in [1.82, 2.24) is 4.98 Å². The first-order valence-corrected chi connectivity index (χ1v) is 13.2. The average molecular weight is 505 g/mol. The van der Waals surface area contributed by atoms with Crippen LogP contribution in [-0.2, 0) is 9.84 Å². The second kappa shape index (κ2) is 10.1. The van der Waals surface area contributed by atoms with Gasteiger partial charge in [-0.25, -0.2) is 13.4 Å². The molecule has 1 aliphatic rings. The van der Waals surface area contributed by atoms with Crippen LogP contribution < -0.4 is 23.8 Å². The van der Waals surface area contributed by atoms with Crippen LogP contribution in [0.15, 0.2) is 46.7 Å². The van der Waals surface area contributed by atoms with Crippen LogP contribution in [0.3, 0.4) is 0 Å². The molecule has 1 aliphatic heterocycles. The van der Waals surface area contributed by atoms with Crippen molar-refractivity contribution >= 4 is 26.3 Å². The Bertz CT molecular complexity index is 1210. The molecule has 1 fully saturated rings. The van der Waals surface area contributed by atoms with Gasteiger partial charge in [-0.2, -0.15) is 0 Å². The lowest BCUT2D eigenvalue weighted by Crippen LogP contribution is -2.39. The molecular formula is C24H28N2O6S2. The minimum atomic E-state index is -3.39. The smallest absolute Gasteiger partial charge is 0.203 e. The number of rotatable bonds is 8. The van der Waals surface area contributed by atoms with E-state index >= 15 is 0 Å². The number of hydrogen-bond donors (Lipinski definition) is 0. The third-order valence-corrected chi connectivity index (χ3v) is 9.17. The maximum atomic E-state index is 13.1. The Morgan fingerprint density at radius 1 is 0.912 bits per heavy atom. The summed E-state index contributed by atoms with van der Waals surface area (Å²) in [4.78, 5) is 7.29. The van der Waals surface area contributed by atoms with Gasteiger partial charge in [-0.1, -0.05) is 0 Å². The molecule has 2 heterocycles. The third kappa shape index (κ3) is 4.65. The van der Waals surface area contributed by atoms with Crippen molar-refractivity contribution in [3.05, 3.63) is 41.8 Å². The monoisotopic (exact) mass is 504 g/mol. The summed E-state index contributed by atoms with van der Waals surface area (Å²) in [6, 6.07) is 10.3. The Balaban J connectivity index is 1.48. The highest BCUT2D eigenvalue weighted by atomic mass is 32.2. The summed E-state index contributed by atoms with van der Waals surface area (Å²) in [6.07, 6.45) is 1.10. The number of methoxy groups -OCH3 is 4. The van der Waals surface area contributed by atoms with Crippen molar-refractivity contribution in [1.29, 1.82) is 0 Å². The second-order valence-corrected chi connectivity index (χ2v) is 10.9. The van der Waals surface area contributed by atoms with E-state index in [0.717, 1.165) is 16.4 Å². The Labute approximate surface area is 204 Å². The lowest BCUT2D eigenvalue weighted by molar-refractivity contribution is 0.324. The number of sulfone groups is 1. The van der Waals surface area contributed by atoms with Crippen molar-refractivity contribution in [3.63, 3.8) is 0 Å². The first-order valence-electron chi connectivity index (χ1n) is 10.8. The largest absolute Gasteiger partial charge is 0.497 e. The van der Waals surface area contributed by atoms with E-state index in [0.29, 0.717) is 53.8 Å². The fourth-order valence-electron chi connectivity index (χ4n) is 4.09. The molecule has 0 aliphatic carbocycles. The molecule has 1 aromatic heterocycles. The molecule has 2 aromatic carbocycles. The summed E-state index contributed by atoms with van der Waals surface area (Å²) in [5.74, 6) is 2.30. The number of nitrogens with zero attached hydrogens (tertiary/aromatic N) is 2. The molecule has 34 heavy (non-hydrogen) atoms. The molecule has 10 heteroatoms. The lowest BCUT2D eigenvalue weighted by atomic mass is 10.1. The molecule has 0 N–H and O–H groups in total. The van der Waals surface area contributed by atoms with Gasteiger partial charge in [-0.05, 0) is 49.2 Å². The van der Waals surface area contributed by atoms with Gasteiger partial charge in [-0.3, -0.25) is 0 Å². The third-order valence-electron chi connectivity index (χ3n) is 5.99. The lowest BCUT2D eigenvalue weighted by Gasteiger charge is -2.31. The normalized spacial score (nSPS) is 14.6. The second-order valence-electron chi connectivity index (χ2n) is 7.84. The van der Waals surface area contributed by atoms with Crippen molar-refractivity contribution in [2.75, 3.05) is 46.4 Å². The Morgan fingerprint density at radius 2 is 1.53 bits per heavy atom. The molecule has 0 saturated carbocycles. The molecule has 0 spiro atoms. The van der Waals surface area contributed by atoms with Gasteiger partial charge in [0.15, 0.2) is 26.5 Å². The number of benzene rings is 2. The van der Waals surface area contributed by atoms with E-state index in [1.165, 1.54) is 11.3 Å². The van der Waals surface area contributed by atoms with Crippen LogP contribution >= 0.6 is 11.3 Å². The quantitative estimate of drug-likeness (QED) is 0.449. The molecule has 0 bridgehead atoms. The van der Waals surface area contributed by atoms with E-state index in [-0.39, 0.29) is 0 Å². The molecule has 0 amide bonds. The molecule has 4 rings (SSSR count). The summed E-state index contributed by atoms with van der Waals surface area (Å²) < 4.78 is 47.6. The topological polar surface area (TPSA) is 87.2 Å². The zero-order valence-electron chi connectivity index (χ0n) is 19.6. The number of thiazole rings is 1. The predicted molar refractivity (Wildman–Crippen MR) is 133 cm³/mol. The Kier molecular flexibility index (Phi) is 7.18. The summed E-state index contributed by atoms with van der Waals surface area (Å²) >= 11 is 1.54. The van der Waals surface area contributed by atoms with Crippen LogP contribution in [0.2, 0.25) is 0 Å². The highest BCUT2D eigenvalue weighted by Crippen LogP contribution is 2.42. The molecule has 182 valence electrons. The van der Waals surface area contributed by atoms with Gasteiger partial charge in [-0.15, -0.1) is 11.3 Å². The van der Waals surface area contributed by atoms with Crippen LogP contribution in [0.1, 0.15) is 12.8 Å². The van der Waals surface area contributed by atoms with Gasteiger partial charge in [0.2, 0.25) is 5.75 Å².